The zero-order valence-corrected chi connectivity index (χ0v) is 17.8. The summed E-state index contributed by atoms with van der Waals surface area (Å²) in [6.45, 7) is 5.16. The van der Waals surface area contributed by atoms with Gasteiger partial charge in [0.1, 0.15) is 11.9 Å². The summed E-state index contributed by atoms with van der Waals surface area (Å²) in [5.41, 5.74) is 2.03. The number of pyridine rings is 2. The lowest BCUT2D eigenvalue weighted by molar-refractivity contribution is 0.122. The van der Waals surface area contributed by atoms with Crippen LogP contribution in [-0.4, -0.2) is 58.4 Å². The second kappa shape index (κ2) is 9.01. The highest BCUT2D eigenvalue weighted by molar-refractivity contribution is 5.86. The van der Waals surface area contributed by atoms with E-state index in [1.54, 1.807) is 12.4 Å². The molecule has 8 nitrogen and oxygen atoms in total. The fraction of sp³-hybridized carbons (Fsp3) is 0.478. The lowest BCUT2D eigenvalue weighted by Gasteiger charge is -2.31. The number of rotatable bonds is 5. The molecule has 2 fully saturated rings. The van der Waals surface area contributed by atoms with Crippen molar-refractivity contribution in [3.05, 3.63) is 42.4 Å². The molecule has 2 aliphatic rings. The molecule has 1 saturated heterocycles. The van der Waals surface area contributed by atoms with Gasteiger partial charge in [0.2, 0.25) is 11.8 Å². The maximum atomic E-state index is 6.49. The Morgan fingerprint density at radius 2 is 1.81 bits per heavy atom. The molecule has 5 rings (SSSR count). The summed E-state index contributed by atoms with van der Waals surface area (Å²) in [7, 11) is 0. The molecule has 31 heavy (non-hydrogen) atoms. The van der Waals surface area contributed by atoms with E-state index in [4.69, 9.17) is 14.5 Å². The third kappa shape index (κ3) is 4.69. The molecular weight excluding hydrogens is 392 g/mol. The second-order valence-electron chi connectivity index (χ2n) is 8.27. The van der Waals surface area contributed by atoms with Crippen LogP contribution in [0.5, 0.6) is 5.88 Å². The van der Waals surface area contributed by atoms with Crippen LogP contribution in [0.3, 0.4) is 0 Å². The normalized spacial score (nSPS) is 21.8. The van der Waals surface area contributed by atoms with E-state index in [1.807, 2.05) is 12.3 Å². The fourth-order valence-corrected chi connectivity index (χ4v) is 4.27. The van der Waals surface area contributed by atoms with Gasteiger partial charge in [0.15, 0.2) is 0 Å². The lowest BCUT2D eigenvalue weighted by atomic mass is 9.93. The van der Waals surface area contributed by atoms with Gasteiger partial charge in [0.25, 0.3) is 0 Å². The Morgan fingerprint density at radius 1 is 1.03 bits per heavy atom. The summed E-state index contributed by atoms with van der Waals surface area (Å²) >= 11 is 0. The summed E-state index contributed by atoms with van der Waals surface area (Å²) in [4.78, 5) is 20.4. The Hall–Kier alpha value is -3.00. The average molecular weight is 421 g/mol. The topological polar surface area (TPSA) is 85.3 Å². The van der Waals surface area contributed by atoms with Gasteiger partial charge in [0, 0.05) is 43.8 Å². The Kier molecular flexibility index (Phi) is 5.80. The minimum atomic E-state index is 0.144. The van der Waals surface area contributed by atoms with Gasteiger partial charge < -0.3 is 19.7 Å². The maximum Gasteiger partial charge on any atom is 0.225 e. The van der Waals surface area contributed by atoms with Crippen LogP contribution in [0.2, 0.25) is 0 Å². The van der Waals surface area contributed by atoms with Crippen LogP contribution in [0.15, 0.2) is 36.8 Å². The fourth-order valence-electron chi connectivity index (χ4n) is 4.27. The van der Waals surface area contributed by atoms with Crippen molar-refractivity contribution in [2.75, 3.05) is 36.5 Å². The van der Waals surface area contributed by atoms with Crippen LogP contribution in [0.4, 0.5) is 11.8 Å². The number of nitrogens with zero attached hydrogens (tertiary/aromatic N) is 5. The van der Waals surface area contributed by atoms with Crippen molar-refractivity contribution in [1.82, 2.24) is 19.9 Å². The maximum absolute atomic E-state index is 6.49. The van der Waals surface area contributed by atoms with Crippen molar-refractivity contribution in [3.8, 4) is 5.88 Å². The van der Waals surface area contributed by atoms with E-state index in [9.17, 15) is 0 Å². The number of anilines is 2. The molecule has 3 aromatic rings. The highest BCUT2D eigenvalue weighted by Crippen LogP contribution is 2.31. The molecule has 1 aliphatic carbocycles. The Labute approximate surface area is 182 Å². The van der Waals surface area contributed by atoms with Crippen LogP contribution >= 0.6 is 0 Å². The summed E-state index contributed by atoms with van der Waals surface area (Å²) in [6.07, 6.45) is 9.53. The van der Waals surface area contributed by atoms with Gasteiger partial charge in [-0.1, -0.05) is 0 Å². The Bertz CT molecular complexity index is 1020. The number of morpholine rings is 1. The molecule has 0 amide bonds. The molecule has 8 heteroatoms. The smallest absolute Gasteiger partial charge is 0.225 e. The van der Waals surface area contributed by atoms with Crippen molar-refractivity contribution in [1.29, 1.82) is 0 Å². The molecule has 3 aromatic heterocycles. The van der Waals surface area contributed by atoms with Gasteiger partial charge in [-0.3, -0.25) is 4.98 Å². The van der Waals surface area contributed by atoms with E-state index in [1.165, 1.54) is 0 Å². The van der Waals surface area contributed by atoms with Crippen molar-refractivity contribution < 1.29 is 9.47 Å². The third-order valence-corrected chi connectivity index (χ3v) is 5.95. The van der Waals surface area contributed by atoms with E-state index in [0.29, 0.717) is 17.9 Å². The first-order valence-electron chi connectivity index (χ1n) is 11.0. The molecule has 1 saturated carbocycles. The first-order valence-corrected chi connectivity index (χ1v) is 11.0. The van der Waals surface area contributed by atoms with Crippen LogP contribution < -0.4 is 15.0 Å². The number of nitrogens with one attached hydrogen (secondary N) is 1. The molecule has 0 radical (unpaired) electrons. The van der Waals surface area contributed by atoms with Gasteiger partial charge in [-0.15, -0.1) is 0 Å². The molecule has 0 spiro atoms. The van der Waals surface area contributed by atoms with Crippen LogP contribution in [0.1, 0.15) is 31.2 Å². The highest BCUT2D eigenvalue weighted by atomic mass is 16.5. The molecule has 1 N–H and O–H groups in total. The van der Waals surface area contributed by atoms with Gasteiger partial charge >= 0.3 is 0 Å². The van der Waals surface area contributed by atoms with Crippen LogP contribution in [0.25, 0.3) is 10.9 Å². The SMILES string of the molecule is Cc1cnc2cc(N3CCOCC3)nc(OC3CCC(Nc4ncccn4)CC3)c2c1. The predicted molar refractivity (Wildman–Crippen MR) is 120 cm³/mol. The minimum Gasteiger partial charge on any atom is -0.474 e. The van der Waals surface area contributed by atoms with E-state index < -0.39 is 0 Å². The number of ether oxygens (including phenoxy) is 2. The zero-order valence-electron chi connectivity index (χ0n) is 17.8. The quantitative estimate of drug-likeness (QED) is 0.673. The van der Waals surface area contributed by atoms with Gasteiger partial charge in [-0.2, -0.15) is 4.98 Å². The monoisotopic (exact) mass is 420 g/mol. The van der Waals surface area contributed by atoms with Crippen LogP contribution in [0, 0.1) is 6.92 Å². The summed E-state index contributed by atoms with van der Waals surface area (Å²) in [5, 5.41) is 4.41. The lowest BCUT2D eigenvalue weighted by Crippen LogP contribution is -2.37. The van der Waals surface area contributed by atoms with E-state index in [2.05, 4.69) is 44.2 Å². The van der Waals surface area contributed by atoms with Crippen LogP contribution in [-0.2, 0) is 4.74 Å². The highest BCUT2D eigenvalue weighted by Gasteiger charge is 2.25. The average Bonchev–Trinajstić information content (AvgIpc) is 2.82. The number of aromatic nitrogens is 4. The molecule has 0 aromatic carbocycles. The van der Waals surface area contributed by atoms with Gasteiger partial charge in [-0.05, 0) is 50.3 Å². The predicted octanol–water partition coefficient (Wildman–Crippen LogP) is 3.37. The summed E-state index contributed by atoms with van der Waals surface area (Å²) in [6, 6.07) is 6.38. The van der Waals surface area contributed by atoms with E-state index in [0.717, 1.165) is 74.3 Å². The minimum absolute atomic E-state index is 0.144. The second-order valence-corrected chi connectivity index (χ2v) is 8.27. The van der Waals surface area contributed by atoms with Gasteiger partial charge in [0.05, 0.1) is 24.1 Å². The zero-order chi connectivity index (χ0) is 21.0. The standard InChI is InChI=1S/C23H28N6O2/c1-16-13-19-20(26-15-16)14-21(29-9-11-30-12-10-29)28-22(19)31-18-5-3-17(4-6-18)27-23-24-7-2-8-25-23/h2,7-8,13-15,17-18H,3-6,9-12H2,1H3,(H,24,25,27). The third-order valence-electron chi connectivity index (χ3n) is 5.95. The molecule has 1 aliphatic heterocycles. The molecule has 0 bridgehead atoms. The van der Waals surface area contributed by atoms with E-state index >= 15 is 0 Å². The van der Waals surface area contributed by atoms with Gasteiger partial charge in [-0.25, -0.2) is 9.97 Å². The van der Waals surface area contributed by atoms with Crippen molar-refractivity contribution in [2.45, 2.75) is 44.8 Å². The number of hydrogen-bond acceptors (Lipinski definition) is 8. The first kappa shape index (κ1) is 19.9. The first-order chi connectivity index (χ1) is 15.2. The summed E-state index contributed by atoms with van der Waals surface area (Å²) < 4.78 is 12.0. The Balaban J connectivity index is 1.31. The van der Waals surface area contributed by atoms with Crippen molar-refractivity contribution >= 4 is 22.7 Å². The summed E-state index contributed by atoms with van der Waals surface area (Å²) in [5.74, 6) is 2.30. The number of hydrogen-bond donors (Lipinski definition) is 1. The van der Waals surface area contributed by atoms with E-state index in [-0.39, 0.29) is 6.10 Å². The molecule has 162 valence electrons. The molecule has 4 heterocycles. The number of fused-ring (bicyclic) bond motifs is 1. The largest absolute Gasteiger partial charge is 0.474 e. The molecular formula is C23H28N6O2. The number of aryl methyl sites for hydroxylation is 1. The Morgan fingerprint density at radius 3 is 2.58 bits per heavy atom. The molecule has 0 unspecified atom stereocenters. The van der Waals surface area contributed by atoms with Crippen molar-refractivity contribution in [3.63, 3.8) is 0 Å². The molecule has 0 atom stereocenters. The van der Waals surface area contributed by atoms with Crippen molar-refractivity contribution in [2.24, 2.45) is 0 Å².